The Kier molecular flexibility index (Phi) is 4.12. The fourth-order valence-corrected chi connectivity index (χ4v) is 2.49. The van der Waals surface area contributed by atoms with E-state index in [1.54, 1.807) is 0 Å². The molecule has 1 N–H and O–H groups in total. The lowest BCUT2D eigenvalue weighted by Crippen LogP contribution is -2.11. The minimum Gasteiger partial charge on any atom is -0.460 e. The maximum Gasteiger partial charge on any atom is 0.293 e. The van der Waals surface area contributed by atoms with E-state index in [-0.39, 0.29) is 6.10 Å². The number of aromatic nitrogens is 1. The first-order chi connectivity index (χ1) is 9.02. The van der Waals surface area contributed by atoms with Crippen molar-refractivity contribution in [1.82, 2.24) is 9.88 Å². The zero-order valence-electron chi connectivity index (χ0n) is 11.2. The number of H-pyrrole nitrogens is 1. The van der Waals surface area contributed by atoms with E-state index in [0.717, 1.165) is 28.6 Å². The van der Waals surface area contributed by atoms with Gasteiger partial charge in [-0.1, -0.05) is 11.6 Å². The summed E-state index contributed by atoms with van der Waals surface area (Å²) in [6.45, 7) is 3.10. The molecular formula is C14H17ClN2O2. The Morgan fingerprint density at radius 2 is 2.21 bits per heavy atom. The second-order valence-electron chi connectivity index (χ2n) is 4.84. The highest BCUT2D eigenvalue weighted by Gasteiger charge is 2.15. The van der Waals surface area contributed by atoms with Crippen molar-refractivity contribution in [2.45, 2.75) is 19.6 Å². The molecule has 2 rings (SSSR count). The molecule has 0 bridgehead atoms. The van der Waals surface area contributed by atoms with Crippen LogP contribution in [0.25, 0.3) is 10.9 Å². The van der Waals surface area contributed by atoms with E-state index < -0.39 is 0 Å². The van der Waals surface area contributed by atoms with Crippen LogP contribution >= 0.6 is 11.6 Å². The van der Waals surface area contributed by atoms with Gasteiger partial charge in [-0.05, 0) is 38.7 Å². The van der Waals surface area contributed by atoms with Crippen molar-refractivity contribution in [2.75, 3.05) is 14.1 Å². The zero-order valence-corrected chi connectivity index (χ0v) is 12.0. The molecule has 19 heavy (non-hydrogen) atoms. The van der Waals surface area contributed by atoms with Gasteiger partial charge in [-0.2, -0.15) is 0 Å². The SMILES string of the molecule is CC(OC=O)c1c[nH]c2c(CN(C)C)cc(Cl)cc12. The van der Waals surface area contributed by atoms with E-state index in [1.165, 1.54) is 0 Å². The Balaban J connectivity index is 2.53. The molecule has 1 aromatic heterocycles. The number of carbonyl (C=O) groups excluding carboxylic acids is 1. The van der Waals surface area contributed by atoms with E-state index in [1.807, 2.05) is 39.3 Å². The Morgan fingerprint density at radius 3 is 2.84 bits per heavy atom. The summed E-state index contributed by atoms with van der Waals surface area (Å²) >= 11 is 6.18. The summed E-state index contributed by atoms with van der Waals surface area (Å²) in [6, 6.07) is 3.85. The molecule has 102 valence electrons. The van der Waals surface area contributed by atoms with Gasteiger partial charge in [0.1, 0.15) is 6.10 Å². The molecule has 0 spiro atoms. The highest BCUT2D eigenvalue weighted by molar-refractivity contribution is 6.31. The standard InChI is InChI=1S/C14H17ClN2O2/c1-9(19-8-18)13-6-16-14-10(7-17(2)3)4-11(15)5-12(13)14/h4-6,8-9,16H,7H2,1-3H3. The number of aromatic amines is 1. The van der Waals surface area contributed by atoms with E-state index in [0.29, 0.717) is 11.5 Å². The molecule has 4 nitrogen and oxygen atoms in total. The number of nitrogens with zero attached hydrogens (tertiary/aromatic N) is 1. The molecule has 0 saturated carbocycles. The van der Waals surface area contributed by atoms with Gasteiger partial charge >= 0.3 is 0 Å². The van der Waals surface area contributed by atoms with E-state index in [2.05, 4.69) is 9.88 Å². The topological polar surface area (TPSA) is 45.3 Å². The van der Waals surface area contributed by atoms with Gasteiger partial charge in [-0.25, -0.2) is 0 Å². The second kappa shape index (κ2) is 5.63. The third-order valence-corrected chi connectivity index (χ3v) is 3.27. The fourth-order valence-electron chi connectivity index (χ4n) is 2.25. The summed E-state index contributed by atoms with van der Waals surface area (Å²) in [7, 11) is 4.02. The summed E-state index contributed by atoms with van der Waals surface area (Å²) in [5.74, 6) is 0. The largest absolute Gasteiger partial charge is 0.460 e. The van der Waals surface area contributed by atoms with Gasteiger partial charge in [0.05, 0.1) is 5.52 Å². The highest BCUT2D eigenvalue weighted by Crippen LogP contribution is 2.31. The lowest BCUT2D eigenvalue weighted by molar-refractivity contribution is -0.133. The van der Waals surface area contributed by atoms with Crippen molar-refractivity contribution in [2.24, 2.45) is 0 Å². The number of nitrogens with one attached hydrogen (secondary N) is 1. The number of hydrogen-bond acceptors (Lipinski definition) is 3. The Labute approximate surface area is 117 Å². The number of benzene rings is 1. The number of halogens is 1. The Morgan fingerprint density at radius 1 is 1.47 bits per heavy atom. The van der Waals surface area contributed by atoms with Crippen LogP contribution in [0.2, 0.25) is 5.02 Å². The van der Waals surface area contributed by atoms with Crippen molar-refractivity contribution in [3.8, 4) is 0 Å². The lowest BCUT2D eigenvalue weighted by Gasteiger charge is -2.12. The molecule has 5 heteroatoms. The zero-order chi connectivity index (χ0) is 14.0. The van der Waals surface area contributed by atoms with Crippen molar-refractivity contribution in [1.29, 1.82) is 0 Å². The molecule has 2 aromatic rings. The maximum absolute atomic E-state index is 10.5. The first-order valence-electron chi connectivity index (χ1n) is 6.06. The van der Waals surface area contributed by atoms with Crippen LogP contribution in [-0.2, 0) is 16.1 Å². The fraction of sp³-hybridized carbons (Fsp3) is 0.357. The van der Waals surface area contributed by atoms with Crippen LogP contribution in [0.4, 0.5) is 0 Å². The average Bonchev–Trinajstić information content (AvgIpc) is 2.72. The summed E-state index contributed by atoms with van der Waals surface area (Å²) < 4.78 is 5.00. The van der Waals surface area contributed by atoms with Crippen LogP contribution in [0.3, 0.4) is 0 Å². The van der Waals surface area contributed by atoms with Crippen molar-refractivity contribution >= 4 is 29.0 Å². The number of fused-ring (bicyclic) bond motifs is 1. The van der Waals surface area contributed by atoms with Gasteiger partial charge in [0.2, 0.25) is 0 Å². The average molecular weight is 281 g/mol. The molecule has 0 radical (unpaired) electrons. The Hall–Kier alpha value is -1.52. The predicted molar refractivity (Wildman–Crippen MR) is 76.3 cm³/mol. The third kappa shape index (κ3) is 2.91. The number of ether oxygens (including phenoxy) is 1. The molecule has 0 aliphatic rings. The molecule has 1 aromatic carbocycles. The first kappa shape index (κ1) is 13.9. The van der Waals surface area contributed by atoms with E-state index >= 15 is 0 Å². The van der Waals surface area contributed by atoms with Gasteiger partial charge < -0.3 is 14.6 Å². The smallest absolute Gasteiger partial charge is 0.293 e. The molecule has 0 aliphatic carbocycles. The number of carbonyl (C=O) groups is 1. The molecule has 1 heterocycles. The van der Waals surface area contributed by atoms with Gasteiger partial charge in [0, 0.05) is 28.7 Å². The molecule has 0 aliphatic heterocycles. The van der Waals surface area contributed by atoms with Crippen molar-refractivity contribution < 1.29 is 9.53 Å². The van der Waals surface area contributed by atoms with Gasteiger partial charge in [0.15, 0.2) is 0 Å². The molecule has 0 amide bonds. The van der Waals surface area contributed by atoms with Crippen molar-refractivity contribution in [3.63, 3.8) is 0 Å². The summed E-state index contributed by atoms with van der Waals surface area (Å²) in [5.41, 5.74) is 3.09. The molecule has 1 unspecified atom stereocenters. The summed E-state index contributed by atoms with van der Waals surface area (Å²) in [6.07, 6.45) is 1.57. The summed E-state index contributed by atoms with van der Waals surface area (Å²) in [4.78, 5) is 15.8. The second-order valence-corrected chi connectivity index (χ2v) is 5.28. The molecule has 0 fully saturated rings. The monoisotopic (exact) mass is 280 g/mol. The number of hydrogen-bond donors (Lipinski definition) is 1. The van der Waals surface area contributed by atoms with Crippen LogP contribution < -0.4 is 0 Å². The molecule has 1 atom stereocenters. The lowest BCUT2D eigenvalue weighted by atomic mass is 10.1. The van der Waals surface area contributed by atoms with Gasteiger partial charge in [-0.15, -0.1) is 0 Å². The summed E-state index contributed by atoms with van der Waals surface area (Å²) in [5, 5.41) is 1.68. The quantitative estimate of drug-likeness (QED) is 0.856. The molecule has 0 saturated heterocycles. The third-order valence-electron chi connectivity index (χ3n) is 3.05. The van der Waals surface area contributed by atoms with Crippen LogP contribution in [-0.4, -0.2) is 30.5 Å². The van der Waals surface area contributed by atoms with Gasteiger partial charge in [0.25, 0.3) is 6.47 Å². The minimum absolute atomic E-state index is 0.295. The van der Waals surface area contributed by atoms with Crippen LogP contribution in [0.1, 0.15) is 24.2 Å². The number of rotatable bonds is 5. The van der Waals surface area contributed by atoms with E-state index in [4.69, 9.17) is 16.3 Å². The minimum atomic E-state index is -0.295. The first-order valence-corrected chi connectivity index (χ1v) is 6.44. The van der Waals surface area contributed by atoms with Crippen LogP contribution in [0, 0.1) is 0 Å². The molecular weight excluding hydrogens is 264 g/mol. The van der Waals surface area contributed by atoms with Crippen LogP contribution in [0.5, 0.6) is 0 Å². The normalized spacial score (nSPS) is 12.9. The predicted octanol–water partition coefficient (Wildman–Crippen LogP) is 3.12. The van der Waals surface area contributed by atoms with E-state index in [9.17, 15) is 4.79 Å². The van der Waals surface area contributed by atoms with Crippen molar-refractivity contribution in [3.05, 3.63) is 34.5 Å². The van der Waals surface area contributed by atoms with Crippen LogP contribution in [0.15, 0.2) is 18.3 Å². The Bertz CT molecular complexity index is 592. The maximum atomic E-state index is 10.5. The van der Waals surface area contributed by atoms with Gasteiger partial charge in [-0.3, -0.25) is 4.79 Å². The highest BCUT2D eigenvalue weighted by atomic mass is 35.5.